The summed E-state index contributed by atoms with van der Waals surface area (Å²) >= 11 is 0. The number of hydrogen-bond acceptors (Lipinski definition) is 3. The predicted octanol–water partition coefficient (Wildman–Crippen LogP) is -0.143. The van der Waals surface area contributed by atoms with Crippen molar-refractivity contribution in [3.05, 3.63) is 0 Å². The number of hydrogen-bond donors (Lipinski definition) is 3. The Balaban J connectivity index is 3.90. The van der Waals surface area contributed by atoms with Crippen molar-refractivity contribution in [2.45, 2.75) is 39.3 Å². The van der Waals surface area contributed by atoms with Crippen LogP contribution in [0.15, 0.2) is 0 Å². The molecule has 0 saturated heterocycles. The molecule has 4 heteroatoms. The second kappa shape index (κ2) is 5.94. The van der Waals surface area contributed by atoms with E-state index in [1.807, 2.05) is 20.8 Å². The van der Waals surface area contributed by atoms with Gasteiger partial charge in [-0.1, -0.05) is 20.8 Å². The van der Waals surface area contributed by atoms with E-state index in [1.165, 1.54) is 0 Å². The molecule has 0 aromatic carbocycles. The van der Waals surface area contributed by atoms with E-state index in [0.717, 1.165) is 0 Å². The monoisotopic (exact) mass is 188 g/mol. The Hall–Kier alpha value is -0.610. The van der Waals surface area contributed by atoms with E-state index in [2.05, 4.69) is 5.32 Å². The Labute approximate surface area is 79.5 Å². The van der Waals surface area contributed by atoms with E-state index in [4.69, 9.17) is 5.73 Å². The summed E-state index contributed by atoms with van der Waals surface area (Å²) in [5.74, 6) is -0.208. The molecule has 0 aliphatic heterocycles. The molecular weight excluding hydrogens is 168 g/mol. The lowest BCUT2D eigenvalue weighted by atomic mass is 10.0. The van der Waals surface area contributed by atoms with Gasteiger partial charge in [-0.15, -0.1) is 0 Å². The van der Waals surface area contributed by atoms with Crippen LogP contribution in [0.25, 0.3) is 0 Å². The summed E-state index contributed by atoms with van der Waals surface area (Å²) in [6.07, 6.45) is 0.275. The van der Waals surface area contributed by atoms with Crippen LogP contribution in [0.4, 0.5) is 0 Å². The highest BCUT2D eigenvalue weighted by Crippen LogP contribution is 2.00. The summed E-state index contributed by atoms with van der Waals surface area (Å²) in [5, 5.41) is 12.2. The van der Waals surface area contributed by atoms with Crippen molar-refractivity contribution in [1.82, 2.24) is 5.32 Å². The summed E-state index contributed by atoms with van der Waals surface area (Å²) in [6, 6.07) is -0.346. The number of carbonyl (C=O) groups excluding carboxylic acids is 1. The van der Waals surface area contributed by atoms with Crippen LogP contribution in [-0.2, 0) is 4.79 Å². The van der Waals surface area contributed by atoms with Crippen molar-refractivity contribution in [2.24, 2.45) is 11.7 Å². The van der Waals surface area contributed by atoms with Crippen LogP contribution in [0.5, 0.6) is 0 Å². The standard InChI is InChI=1S/C9H20N2O2/c1-4-7(12)5-11-8(6(2)3)9(10)13/h6-8,11-12H,4-5H2,1-3H3,(H2,10,13). The molecule has 0 aromatic heterocycles. The van der Waals surface area contributed by atoms with Crippen LogP contribution in [0, 0.1) is 5.92 Å². The van der Waals surface area contributed by atoms with Gasteiger partial charge in [-0.05, 0) is 12.3 Å². The molecule has 0 spiro atoms. The van der Waals surface area contributed by atoms with Gasteiger partial charge in [0.2, 0.25) is 5.91 Å². The normalized spacial score (nSPS) is 15.8. The van der Waals surface area contributed by atoms with Crippen LogP contribution >= 0.6 is 0 Å². The topological polar surface area (TPSA) is 75.3 Å². The van der Waals surface area contributed by atoms with E-state index >= 15 is 0 Å². The maximum atomic E-state index is 10.9. The number of aliphatic hydroxyl groups is 1. The van der Waals surface area contributed by atoms with E-state index in [1.54, 1.807) is 0 Å². The molecule has 0 heterocycles. The van der Waals surface area contributed by atoms with E-state index in [0.29, 0.717) is 13.0 Å². The molecule has 4 N–H and O–H groups in total. The first-order valence-electron chi connectivity index (χ1n) is 4.69. The van der Waals surface area contributed by atoms with Gasteiger partial charge in [0.1, 0.15) is 0 Å². The zero-order valence-electron chi connectivity index (χ0n) is 8.58. The fourth-order valence-electron chi connectivity index (χ4n) is 1.07. The number of amides is 1. The maximum Gasteiger partial charge on any atom is 0.234 e. The van der Waals surface area contributed by atoms with Gasteiger partial charge >= 0.3 is 0 Å². The van der Waals surface area contributed by atoms with Crippen LogP contribution in [0.3, 0.4) is 0 Å². The fraction of sp³-hybridized carbons (Fsp3) is 0.889. The van der Waals surface area contributed by atoms with Crippen molar-refractivity contribution in [3.63, 3.8) is 0 Å². The van der Waals surface area contributed by atoms with E-state index < -0.39 is 6.10 Å². The minimum atomic E-state index is -0.402. The highest BCUT2D eigenvalue weighted by atomic mass is 16.3. The molecule has 0 fully saturated rings. The molecule has 4 nitrogen and oxygen atoms in total. The lowest BCUT2D eigenvalue weighted by molar-refractivity contribution is -0.121. The minimum absolute atomic E-state index is 0.154. The van der Waals surface area contributed by atoms with Gasteiger partial charge < -0.3 is 16.2 Å². The quantitative estimate of drug-likeness (QED) is 0.543. The number of nitrogens with two attached hydrogens (primary N) is 1. The second-order valence-corrected chi connectivity index (χ2v) is 3.59. The third-order valence-electron chi connectivity index (χ3n) is 2.02. The third-order valence-corrected chi connectivity index (χ3v) is 2.02. The third kappa shape index (κ3) is 4.85. The van der Waals surface area contributed by atoms with Crippen LogP contribution in [0.2, 0.25) is 0 Å². The predicted molar refractivity (Wildman–Crippen MR) is 52.1 cm³/mol. The first kappa shape index (κ1) is 12.4. The molecule has 2 atom stereocenters. The van der Waals surface area contributed by atoms with Gasteiger partial charge in [-0.25, -0.2) is 0 Å². The Morgan fingerprint density at radius 3 is 2.38 bits per heavy atom. The molecule has 1 amide bonds. The minimum Gasteiger partial charge on any atom is -0.392 e. The van der Waals surface area contributed by atoms with Crippen LogP contribution in [-0.4, -0.2) is 29.7 Å². The molecule has 0 saturated carbocycles. The molecule has 0 aliphatic carbocycles. The van der Waals surface area contributed by atoms with Crippen molar-refractivity contribution in [3.8, 4) is 0 Å². The van der Waals surface area contributed by atoms with Gasteiger partial charge in [0.25, 0.3) is 0 Å². The average molecular weight is 188 g/mol. The number of rotatable bonds is 6. The SMILES string of the molecule is CCC(O)CNC(C(N)=O)C(C)C. The summed E-state index contributed by atoms with van der Waals surface area (Å²) in [6.45, 7) is 6.14. The maximum absolute atomic E-state index is 10.9. The first-order chi connectivity index (χ1) is 5.99. The molecule has 0 radical (unpaired) electrons. The Morgan fingerprint density at radius 1 is 1.54 bits per heavy atom. The molecule has 0 rings (SSSR count). The van der Waals surface area contributed by atoms with E-state index in [9.17, 15) is 9.90 Å². The van der Waals surface area contributed by atoms with Gasteiger partial charge in [0.05, 0.1) is 12.1 Å². The average Bonchev–Trinajstić information content (AvgIpc) is 2.03. The van der Waals surface area contributed by atoms with Crippen molar-refractivity contribution >= 4 is 5.91 Å². The van der Waals surface area contributed by atoms with Crippen molar-refractivity contribution in [1.29, 1.82) is 0 Å². The van der Waals surface area contributed by atoms with Gasteiger partial charge in [-0.2, -0.15) is 0 Å². The molecule has 13 heavy (non-hydrogen) atoms. The van der Waals surface area contributed by atoms with Gasteiger partial charge in [0, 0.05) is 6.54 Å². The van der Waals surface area contributed by atoms with Gasteiger partial charge in [-0.3, -0.25) is 4.79 Å². The smallest absolute Gasteiger partial charge is 0.234 e. The van der Waals surface area contributed by atoms with Crippen molar-refractivity contribution in [2.75, 3.05) is 6.54 Å². The molecule has 0 aromatic rings. The first-order valence-corrected chi connectivity index (χ1v) is 4.69. The van der Waals surface area contributed by atoms with Crippen LogP contribution in [0.1, 0.15) is 27.2 Å². The second-order valence-electron chi connectivity index (χ2n) is 3.59. The summed E-state index contributed by atoms with van der Waals surface area (Å²) in [5.41, 5.74) is 5.18. The molecule has 0 bridgehead atoms. The van der Waals surface area contributed by atoms with Crippen molar-refractivity contribution < 1.29 is 9.90 Å². The highest BCUT2D eigenvalue weighted by molar-refractivity contribution is 5.80. The summed E-state index contributed by atoms with van der Waals surface area (Å²) in [7, 11) is 0. The molecule has 2 unspecified atom stereocenters. The number of carbonyl (C=O) groups is 1. The number of primary amides is 1. The molecule has 78 valence electrons. The fourth-order valence-corrected chi connectivity index (χ4v) is 1.07. The summed E-state index contributed by atoms with van der Waals surface area (Å²) in [4.78, 5) is 10.9. The Morgan fingerprint density at radius 2 is 2.08 bits per heavy atom. The Bertz CT molecular complexity index is 160. The molecular formula is C9H20N2O2. The van der Waals surface area contributed by atoms with Gasteiger partial charge in [0.15, 0.2) is 0 Å². The number of nitrogens with one attached hydrogen (secondary N) is 1. The van der Waals surface area contributed by atoms with Crippen LogP contribution < -0.4 is 11.1 Å². The highest BCUT2D eigenvalue weighted by Gasteiger charge is 2.19. The lowest BCUT2D eigenvalue weighted by Crippen LogP contribution is -2.47. The Kier molecular flexibility index (Phi) is 5.66. The number of aliphatic hydroxyl groups excluding tert-OH is 1. The largest absolute Gasteiger partial charge is 0.392 e. The lowest BCUT2D eigenvalue weighted by Gasteiger charge is -2.20. The zero-order chi connectivity index (χ0) is 10.4. The van der Waals surface area contributed by atoms with E-state index in [-0.39, 0.29) is 17.9 Å². The summed E-state index contributed by atoms with van der Waals surface area (Å²) < 4.78 is 0. The zero-order valence-corrected chi connectivity index (χ0v) is 8.58. The molecule has 0 aliphatic rings.